The highest BCUT2D eigenvalue weighted by atomic mass is 19.1. The van der Waals surface area contributed by atoms with Crippen LogP contribution >= 0.6 is 0 Å². The number of likely N-dealkylation sites (N-methyl/N-ethyl adjacent to an activating group) is 1. The second-order valence-electron chi connectivity index (χ2n) is 7.06. The van der Waals surface area contributed by atoms with Gasteiger partial charge in [-0.25, -0.2) is 4.39 Å². The molecule has 0 radical (unpaired) electrons. The SMILES string of the molecule is CC(C)[C@H](NC(=O)c1ccccc1F)C(=O)N(C)Cc1ccc2c(c1)OCO2. The van der Waals surface area contributed by atoms with Crippen molar-refractivity contribution in [2.45, 2.75) is 26.4 Å². The number of carbonyl (C=O) groups is 2. The smallest absolute Gasteiger partial charge is 0.254 e. The Balaban J connectivity index is 1.70. The van der Waals surface area contributed by atoms with Crippen LogP contribution in [0.4, 0.5) is 4.39 Å². The van der Waals surface area contributed by atoms with E-state index in [2.05, 4.69) is 5.32 Å². The van der Waals surface area contributed by atoms with Crippen molar-refractivity contribution in [1.29, 1.82) is 0 Å². The molecular formula is C21H23FN2O4. The Morgan fingerprint density at radius 3 is 2.57 bits per heavy atom. The monoisotopic (exact) mass is 386 g/mol. The summed E-state index contributed by atoms with van der Waals surface area (Å²) < 4.78 is 24.5. The van der Waals surface area contributed by atoms with Crippen LogP contribution in [0.5, 0.6) is 11.5 Å². The number of fused-ring (bicyclic) bond motifs is 1. The maximum Gasteiger partial charge on any atom is 0.254 e. The number of rotatable bonds is 6. The molecule has 28 heavy (non-hydrogen) atoms. The molecule has 0 unspecified atom stereocenters. The molecule has 7 heteroatoms. The van der Waals surface area contributed by atoms with Crippen LogP contribution < -0.4 is 14.8 Å². The zero-order chi connectivity index (χ0) is 20.3. The molecule has 2 amide bonds. The van der Waals surface area contributed by atoms with Crippen molar-refractivity contribution < 1.29 is 23.5 Å². The van der Waals surface area contributed by atoms with Crippen LogP contribution in [-0.2, 0) is 11.3 Å². The third-order valence-electron chi connectivity index (χ3n) is 4.57. The first-order chi connectivity index (χ1) is 13.4. The fourth-order valence-corrected chi connectivity index (χ4v) is 3.01. The number of nitrogens with zero attached hydrogens (tertiary/aromatic N) is 1. The summed E-state index contributed by atoms with van der Waals surface area (Å²) >= 11 is 0. The Kier molecular flexibility index (Phi) is 5.82. The maximum absolute atomic E-state index is 13.9. The molecule has 0 saturated heterocycles. The van der Waals surface area contributed by atoms with Gasteiger partial charge in [0.1, 0.15) is 11.9 Å². The highest BCUT2D eigenvalue weighted by molar-refractivity contribution is 5.97. The number of halogens is 1. The lowest BCUT2D eigenvalue weighted by Crippen LogP contribution is -2.50. The van der Waals surface area contributed by atoms with Gasteiger partial charge in [0, 0.05) is 13.6 Å². The number of hydrogen-bond acceptors (Lipinski definition) is 4. The molecule has 148 valence electrons. The van der Waals surface area contributed by atoms with Crippen molar-refractivity contribution >= 4 is 11.8 Å². The van der Waals surface area contributed by atoms with Crippen LogP contribution in [0, 0.1) is 11.7 Å². The first kappa shape index (κ1) is 19.7. The molecule has 6 nitrogen and oxygen atoms in total. The average molecular weight is 386 g/mol. The van der Waals surface area contributed by atoms with Gasteiger partial charge in [-0.2, -0.15) is 0 Å². The van der Waals surface area contributed by atoms with Crippen LogP contribution in [0.15, 0.2) is 42.5 Å². The minimum absolute atomic E-state index is 0.0839. The van der Waals surface area contributed by atoms with Crippen molar-refractivity contribution in [3.63, 3.8) is 0 Å². The van der Waals surface area contributed by atoms with Gasteiger partial charge < -0.3 is 19.7 Å². The summed E-state index contributed by atoms with van der Waals surface area (Å²) in [5, 5.41) is 2.67. The number of ether oxygens (including phenoxy) is 2. The molecule has 2 aromatic carbocycles. The van der Waals surface area contributed by atoms with Gasteiger partial charge in [-0.1, -0.05) is 32.0 Å². The minimum Gasteiger partial charge on any atom is -0.454 e. The highest BCUT2D eigenvalue weighted by Gasteiger charge is 2.28. The van der Waals surface area contributed by atoms with E-state index in [1.807, 2.05) is 26.0 Å². The van der Waals surface area contributed by atoms with E-state index < -0.39 is 17.8 Å². The Hall–Kier alpha value is -3.09. The van der Waals surface area contributed by atoms with Gasteiger partial charge in [-0.05, 0) is 35.7 Å². The molecule has 0 aliphatic carbocycles. The maximum atomic E-state index is 13.9. The molecule has 1 atom stereocenters. The summed E-state index contributed by atoms with van der Waals surface area (Å²) in [5.74, 6) is -0.327. The molecule has 1 N–H and O–H groups in total. The number of benzene rings is 2. The summed E-state index contributed by atoms with van der Waals surface area (Å²) in [4.78, 5) is 26.9. The summed E-state index contributed by atoms with van der Waals surface area (Å²) in [6.07, 6.45) is 0. The zero-order valence-corrected chi connectivity index (χ0v) is 16.1. The molecule has 3 rings (SSSR count). The van der Waals surface area contributed by atoms with Gasteiger partial charge in [-0.3, -0.25) is 9.59 Å². The Morgan fingerprint density at radius 2 is 1.86 bits per heavy atom. The minimum atomic E-state index is -0.772. The van der Waals surface area contributed by atoms with Crippen molar-refractivity contribution in [2.75, 3.05) is 13.8 Å². The first-order valence-corrected chi connectivity index (χ1v) is 9.05. The van der Waals surface area contributed by atoms with E-state index >= 15 is 0 Å². The Morgan fingerprint density at radius 1 is 1.14 bits per heavy atom. The largest absolute Gasteiger partial charge is 0.454 e. The topological polar surface area (TPSA) is 67.9 Å². The number of amides is 2. The molecule has 0 fully saturated rings. The molecular weight excluding hydrogens is 363 g/mol. The summed E-state index contributed by atoms with van der Waals surface area (Å²) in [7, 11) is 1.66. The normalized spacial score (nSPS) is 13.3. The predicted molar refractivity (Wildman–Crippen MR) is 102 cm³/mol. The van der Waals surface area contributed by atoms with Gasteiger partial charge in [0.05, 0.1) is 5.56 Å². The first-order valence-electron chi connectivity index (χ1n) is 9.05. The van der Waals surface area contributed by atoms with E-state index in [9.17, 15) is 14.0 Å². The van der Waals surface area contributed by atoms with Crippen molar-refractivity contribution in [2.24, 2.45) is 5.92 Å². The van der Waals surface area contributed by atoms with Crippen molar-refractivity contribution in [3.8, 4) is 11.5 Å². The second kappa shape index (κ2) is 8.29. The van der Waals surface area contributed by atoms with Crippen LogP contribution in [0.25, 0.3) is 0 Å². The molecule has 1 aliphatic rings. The summed E-state index contributed by atoms with van der Waals surface area (Å²) in [6, 6.07) is 10.4. The molecule has 1 aliphatic heterocycles. The van der Waals surface area contributed by atoms with E-state index in [1.54, 1.807) is 19.2 Å². The third kappa shape index (κ3) is 4.24. The Bertz CT molecular complexity index is 884. The van der Waals surface area contributed by atoms with Crippen LogP contribution in [0.1, 0.15) is 29.8 Å². The molecule has 1 heterocycles. The summed E-state index contributed by atoms with van der Waals surface area (Å²) in [5.41, 5.74) is 0.794. The lowest BCUT2D eigenvalue weighted by atomic mass is 10.0. The molecule has 0 bridgehead atoms. The average Bonchev–Trinajstić information content (AvgIpc) is 3.13. The quantitative estimate of drug-likeness (QED) is 0.829. The lowest BCUT2D eigenvalue weighted by Gasteiger charge is -2.27. The van der Waals surface area contributed by atoms with E-state index in [-0.39, 0.29) is 24.2 Å². The van der Waals surface area contributed by atoms with Crippen molar-refractivity contribution in [3.05, 3.63) is 59.4 Å². The van der Waals surface area contributed by atoms with Gasteiger partial charge in [0.2, 0.25) is 12.7 Å². The second-order valence-corrected chi connectivity index (χ2v) is 7.06. The van der Waals surface area contributed by atoms with E-state index in [0.29, 0.717) is 18.0 Å². The van der Waals surface area contributed by atoms with Gasteiger partial charge in [0.15, 0.2) is 11.5 Å². The third-order valence-corrected chi connectivity index (χ3v) is 4.57. The summed E-state index contributed by atoms with van der Waals surface area (Å²) in [6.45, 7) is 4.19. The van der Waals surface area contributed by atoms with Crippen molar-refractivity contribution in [1.82, 2.24) is 10.2 Å². The number of carbonyl (C=O) groups excluding carboxylic acids is 2. The van der Waals surface area contributed by atoms with E-state index in [4.69, 9.17) is 9.47 Å². The fraction of sp³-hybridized carbons (Fsp3) is 0.333. The standard InChI is InChI=1S/C21H23FN2O4/c1-13(2)19(23-20(25)15-6-4-5-7-16(15)22)21(26)24(3)11-14-8-9-17-18(10-14)28-12-27-17/h4-10,13,19H,11-12H2,1-3H3,(H,23,25)/t19-/m0/s1. The Labute approximate surface area is 163 Å². The van der Waals surface area contributed by atoms with Gasteiger partial charge in [-0.15, -0.1) is 0 Å². The van der Waals surface area contributed by atoms with Crippen LogP contribution in [-0.4, -0.2) is 36.6 Å². The fourth-order valence-electron chi connectivity index (χ4n) is 3.01. The molecule has 0 saturated carbocycles. The van der Waals surface area contributed by atoms with E-state index in [0.717, 1.165) is 5.56 Å². The zero-order valence-electron chi connectivity index (χ0n) is 16.1. The van der Waals surface area contributed by atoms with Crippen LogP contribution in [0.2, 0.25) is 0 Å². The lowest BCUT2D eigenvalue weighted by molar-refractivity contribution is -0.133. The number of nitrogens with one attached hydrogen (secondary N) is 1. The molecule has 0 aromatic heterocycles. The predicted octanol–water partition coefficient (Wildman–Crippen LogP) is 2.97. The van der Waals surface area contributed by atoms with Gasteiger partial charge in [0.25, 0.3) is 5.91 Å². The van der Waals surface area contributed by atoms with Gasteiger partial charge >= 0.3 is 0 Å². The molecule has 0 spiro atoms. The van der Waals surface area contributed by atoms with Crippen LogP contribution in [0.3, 0.4) is 0 Å². The van der Waals surface area contributed by atoms with E-state index in [1.165, 1.54) is 23.1 Å². The number of hydrogen-bond donors (Lipinski definition) is 1. The highest BCUT2D eigenvalue weighted by Crippen LogP contribution is 2.32. The molecule has 2 aromatic rings.